The monoisotopic (exact) mass is 485 g/mol. The SMILES string of the molecule is CCOC(=O)[C@@H]1C[C@H]([Se]c2ccccc2)CN1C(=O)[C@H](C)O[Si](C)(C)C(C)(C)C. The second kappa shape index (κ2) is 9.78. The Morgan fingerprint density at radius 3 is 2.41 bits per heavy atom. The number of likely N-dealkylation sites (tertiary alicyclic amines) is 1. The van der Waals surface area contributed by atoms with Gasteiger partial charge < -0.3 is 0 Å². The predicted octanol–water partition coefficient (Wildman–Crippen LogP) is 3.38. The number of esters is 1. The molecule has 7 heteroatoms. The molecule has 1 aromatic carbocycles. The molecule has 1 amide bonds. The molecule has 0 spiro atoms. The van der Waals surface area contributed by atoms with Gasteiger partial charge in [0, 0.05) is 0 Å². The summed E-state index contributed by atoms with van der Waals surface area (Å²) in [6.07, 6.45) is 0.0996. The molecule has 0 saturated carbocycles. The standard InChI is InChI=1S/C22H35NO4SeSi/c1-8-26-21(25)19-14-18(28-17-12-10-9-11-13-17)15-23(19)20(24)16(2)27-29(6,7)22(3,4)5/h9-13,16,18-19H,8,14-15H2,1-7H3/t16-,18-,19-/m0/s1. The molecule has 0 radical (unpaired) electrons. The average Bonchev–Trinajstić information content (AvgIpc) is 3.04. The van der Waals surface area contributed by atoms with E-state index < -0.39 is 20.5 Å². The van der Waals surface area contributed by atoms with E-state index in [1.807, 2.05) is 25.1 Å². The predicted molar refractivity (Wildman–Crippen MR) is 120 cm³/mol. The van der Waals surface area contributed by atoms with E-state index in [2.05, 4.69) is 46.0 Å². The number of hydrogen-bond donors (Lipinski definition) is 0. The molecule has 162 valence electrons. The van der Waals surface area contributed by atoms with Crippen molar-refractivity contribution in [1.29, 1.82) is 0 Å². The van der Waals surface area contributed by atoms with Crippen LogP contribution in [0.3, 0.4) is 0 Å². The minimum absolute atomic E-state index is 0.0199. The summed E-state index contributed by atoms with van der Waals surface area (Å²) in [5, 5.41) is 0.0199. The van der Waals surface area contributed by atoms with Gasteiger partial charge in [-0.25, -0.2) is 0 Å². The van der Waals surface area contributed by atoms with E-state index in [1.165, 1.54) is 4.46 Å². The van der Waals surface area contributed by atoms with Gasteiger partial charge in [-0.2, -0.15) is 0 Å². The maximum absolute atomic E-state index is 13.3. The number of benzene rings is 1. The number of nitrogens with zero attached hydrogens (tertiary/aromatic N) is 1. The third-order valence-electron chi connectivity index (χ3n) is 5.78. The van der Waals surface area contributed by atoms with Crippen molar-refractivity contribution >= 4 is 39.6 Å². The van der Waals surface area contributed by atoms with Gasteiger partial charge in [0.1, 0.15) is 0 Å². The van der Waals surface area contributed by atoms with E-state index in [4.69, 9.17) is 9.16 Å². The summed E-state index contributed by atoms with van der Waals surface area (Å²) in [7, 11) is -2.08. The maximum atomic E-state index is 13.3. The Labute approximate surface area is 182 Å². The van der Waals surface area contributed by atoms with Gasteiger partial charge in [0.2, 0.25) is 0 Å². The molecule has 1 aliphatic heterocycles. The number of ether oxygens (including phenoxy) is 1. The van der Waals surface area contributed by atoms with E-state index in [0.29, 0.717) is 24.4 Å². The summed E-state index contributed by atoms with van der Waals surface area (Å²) in [6, 6.07) is 9.80. The normalized spacial score (nSPS) is 21.1. The molecule has 0 aliphatic carbocycles. The molecule has 1 fully saturated rings. The van der Waals surface area contributed by atoms with Gasteiger partial charge in [0.25, 0.3) is 0 Å². The van der Waals surface area contributed by atoms with Crippen LogP contribution in [0.4, 0.5) is 0 Å². The first-order valence-electron chi connectivity index (χ1n) is 10.3. The van der Waals surface area contributed by atoms with E-state index in [-0.39, 0.29) is 31.9 Å². The molecule has 0 unspecified atom stereocenters. The summed E-state index contributed by atoms with van der Waals surface area (Å²) in [4.78, 5) is 27.9. The van der Waals surface area contributed by atoms with Crippen LogP contribution in [-0.2, 0) is 18.8 Å². The molecular weight excluding hydrogens is 449 g/mol. The van der Waals surface area contributed by atoms with E-state index >= 15 is 0 Å². The summed E-state index contributed by atoms with van der Waals surface area (Å²) >= 11 is 0.199. The zero-order chi connectivity index (χ0) is 21.8. The summed E-state index contributed by atoms with van der Waals surface area (Å²) in [5.74, 6) is -0.397. The number of rotatable bonds is 7. The Morgan fingerprint density at radius 2 is 1.86 bits per heavy atom. The van der Waals surface area contributed by atoms with Crippen LogP contribution in [0.25, 0.3) is 0 Å². The number of hydrogen-bond acceptors (Lipinski definition) is 4. The fourth-order valence-electron chi connectivity index (χ4n) is 3.18. The van der Waals surface area contributed by atoms with Crippen LogP contribution in [0.1, 0.15) is 41.0 Å². The fourth-order valence-corrected chi connectivity index (χ4v) is 7.07. The Kier molecular flexibility index (Phi) is 8.13. The van der Waals surface area contributed by atoms with Crippen molar-refractivity contribution in [3.63, 3.8) is 0 Å². The molecule has 0 bridgehead atoms. The zero-order valence-electron chi connectivity index (χ0n) is 18.7. The molecule has 0 aromatic heterocycles. The second-order valence-corrected chi connectivity index (χ2v) is 16.7. The molecule has 1 saturated heterocycles. The Balaban J connectivity index is 2.15. The van der Waals surface area contributed by atoms with Gasteiger partial charge in [-0.05, 0) is 0 Å². The molecule has 0 N–H and O–H groups in total. The third-order valence-corrected chi connectivity index (χ3v) is 12.9. The van der Waals surface area contributed by atoms with Crippen LogP contribution in [0.15, 0.2) is 30.3 Å². The summed E-state index contributed by atoms with van der Waals surface area (Å²) in [5.41, 5.74) is 0. The molecule has 3 atom stereocenters. The Morgan fingerprint density at radius 1 is 1.24 bits per heavy atom. The van der Waals surface area contributed by atoms with Crippen LogP contribution >= 0.6 is 0 Å². The van der Waals surface area contributed by atoms with Crippen LogP contribution in [0.5, 0.6) is 0 Å². The topological polar surface area (TPSA) is 55.8 Å². The average molecular weight is 485 g/mol. The molecule has 1 heterocycles. The van der Waals surface area contributed by atoms with Crippen LogP contribution in [-0.4, -0.2) is 65.3 Å². The minimum atomic E-state index is -2.08. The summed E-state index contributed by atoms with van der Waals surface area (Å²) in [6.45, 7) is 15.3. The molecule has 2 rings (SSSR count). The van der Waals surface area contributed by atoms with Gasteiger partial charge in [-0.1, -0.05) is 0 Å². The van der Waals surface area contributed by atoms with Gasteiger partial charge in [0.15, 0.2) is 0 Å². The van der Waals surface area contributed by atoms with Crippen molar-refractivity contribution in [2.75, 3.05) is 13.2 Å². The number of carbonyl (C=O) groups is 2. The van der Waals surface area contributed by atoms with Crippen molar-refractivity contribution in [2.24, 2.45) is 0 Å². The van der Waals surface area contributed by atoms with Crippen LogP contribution < -0.4 is 4.46 Å². The second-order valence-electron chi connectivity index (χ2n) is 9.07. The van der Waals surface area contributed by atoms with Gasteiger partial charge in [-0.3, -0.25) is 0 Å². The first-order chi connectivity index (χ1) is 13.5. The fraction of sp³-hybridized carbons (Fsp3) is 0.636. The summed E-state index contributed by atoms with van der Waals surface area (Å²) < 4.78 is 12.9. The van der Waals surface area contributed by atoms with Crippen molar-refractivity contribution in [3.8, 4) is 0 Å². The van der Waals surface area contributed by atoms with Crippen molar-refractivity contribution in [2.45, 2.75) is 76.1 Å². The number of carbonyl (C=O) groups excluding carboxylic acids is 2. The van der Waals surface area contributed by atoms with Gasteiger partial charge >= 0.3 is 183 Å². The van der Waals surface area contributed by atoms with Crippen molar-refractivity contribution in [3.05, 3.63) is 30.3 Å². The molecule has 1 aliphatic rings. The first-order valence-corrected chi connectivity index (χ1v) is 15.1. The molecule has 1 aromatic rings. The zero-order valence-corrected chi connectivity index (χ0v) is 21.4. The molecular formula is C22H35NO4SeSi. The van der Waals surface area contributed by atoms with Gasteiger partial charge in [0.05, 0.1) is 0 Å². The molecule has 29 heavy (non-hydrogen) atoms. The van der Waals surface area contributed by atoms with Gasteiger partial charge in [-0.15, -0.1) is 0 Å². The number of amides is 1. The molecule has 5 nitrogen and oxygen atoms in total. The van der Waals surface area contributed by atoms with Crippen LogP contribution in [0, 0.1) is 0 Å². The van der Waals surface area contributed by atoms with E-state index in [1.54, 1.807) is 11.8 Å². The van der Waals surface area contributed by atoms with E-state index in [0.717, 1.165) is 0 Å². The first kappa shape index (κ1) is 24.1. The third kappa shape index (κ3) is 6.17. The van der Waals surface area contributed by atoms with Crippen molar-refractivity contribution in [1.82, 2.24) is 4.90 Å². The Bertz CT molecular complexity index is 705. The van der Waals surface area contributed by atoms with Crippen molar-refractivity contribution < 1.29 is 18.8 Å². The van der Waals surface area contributed by atoms with E-state index in [9.17, 15) is 9.59 Å². The van der Waals surface area contributed by atoms with Crippen LogP contribution in [0.2, 0.25) is 22.9 Å². The Hall–Kier alpha value is -1.14. The quantitative estimate of drug-likeness (QED) is 0.440.